The fourth-order valence-corrected chi connectivity index (χ4v) is 14.0. The molecular weight excluding hydrogens is 864 g/mol. The molecule has 15 rings (SSSR count). The molecule has 68 heavy (non-hydrogen) atoms. The Hall–Kier alpha value is -7.77. The summed E-state index contributed by atoms with van der Waals surface area (Å²) >= 11 is 3.76. The second kappa shape index (κ2) is 14.9. The Morgan fingerprint density at radius 2 is 0.853 bits per heavy atom. The molecule has 8 heteroatoms. The van der Waals surface area contributed by atoms with Gasteiger partial charge in [0.15, 0.2) is 0 Å². The molecule has 0 N–H and O–H groups in total. The van der Waals surface area contributed by atoms with Crippen molar-refractivity contribution in [2.45, 2.75) is 19.6 Å². The van der Waals surface area contributed by atoms with E-state index in [0.29, 0.717) is 0 Å². The summed E-state index contributed by atoms with van der Waals surface area (Å²) in [6.45, 7) is -0.0126. The monoisotopic (exact) mass is 901 g/mol. The van der Waals surface area contributed by atoms with Crippen molar-refractivity contribution in [1.29, 1.82) is 0 Å². The Morgan fingerprint density at radius 1 is 0.382 bits per heavy atom. The summed E-state index contributed by atoms with van der Waals surface area (Å²) in [5.41, 5.74) is 18.0. The molecule has 0 atom stereocenters. The molecule has 0 fully saturated rings. The molecule has 4 nitrogen and oxygen atoms in total. The fraction of sp³-hybridized carbons (Fsp3) is 0. The quantitative estimate of drug-likeness (QED) is 0.155. The Balaban J connectivity index is 1.03. The first-order chi connectivity index (χ1) is 33.7. The third-order valence-corrected chi connectivity index (χ3v) is 16.6. The zero-order valence-electron chi connectivity index (χ0n) is 36.6. The number of nitrogens with zero attached hydrogens (tertiary/aromatic N) is 3. The number of aromatic nitrogens is 1. The van der Waals surface area contributed by atoms with Gasteiger partial charge in [-0.15, -0.1) is 0 Å². The van der Waals surface area contributed by atoms with Crippen molar-refractivity contribution in [2.24, 2.45) is 0 Å². The second-order valence-corrected chi connectivity index (χ2v) is 20.1. The summed E-state index contributed by atoms with van der Waals surface area (Å²) in [7, 11) is 0. The van der Waals surface area contributed by atoms with Crippen LogP contribution in [0, 0.1) is 0 Å². The molecular formula is C60H37B2N3OS2. The lowest BCUT2D eigenvalue weighted by Crippen LogP contribution is -2.62. The van der Waals surface area contributed by atoms with Gasteiger partial charge in [-0.3, -0.25) is 0 Å². The molecule has 0 unspecified atom stereocenters. The largest absolute Gasteiger partial charge is 0.458 e. The smallest absolute Gasteiger partial charge is 0.253 e. The Bertz CT molecular complexity index is 3790. The van der Waals surface area contributed by atoms with Crippen LogP contribution in [0.3, 0.4) is 0 Å². The van der Waals surface area contributed by atoms with E-state index in [2.05, 4.69) is 239 Å². The highest BCUT2D eigenvalue weighted by molar-refractivity contribution is 8.00. The summed E-state index contributed by atoms with van der Waals surface area (Å²) in [5.74, 6) is 1.85. The first kappa shape index (κ1) is 38.3. The molecule has 10 aromatic carbocycles. The van der Waals surface area contributed by atoms with Crippen LogP contribution in [0.1, 0.15) is 0 Å². The van der Waals surface area contributed by atoms with Gasteiger partial charge in [0.2, 0.25) is 6.71 Å². The van der Waals surface area contributed by atoms with Crippen LogP contribution in [-0.2, 0) is 0 Å². The number of benzene rings is 10. The molecule has 0 saturated heterocycles. The number of fused-ring (bicyclic) bond motifs is 12. The van der Waals surface area contributed by atoms with Gasteiger partial charge in [-0.2, -0.15) is 0 Å². The SMILES string of the molecule is c1ccc(N(c2ccccc2)c2cc3c4c(c2)Sc2ccccc2B4c2cc4c5c(c2O3)c2ccccc2n5-c2cc(N(c3ccccc3)c3ccccc3)cc3c2B4c2ccccc2S3)cc1. The van der Waals surface area contributed by atoms with E-state index < -0.39 is 0 Å². The molecule has 4 aliphatic rings. The summed E-state index contributed by atoms with van der Waals surface area (Å²) in [6, 6.07) is 82.1. The molecule has 0 aliphatic carbocycles. The summed E-state index contributed by atoms with van der Waals surface area (Å²) < 4.78 is 10.2. The van der Waals surface area contributed by atoms with Gasteiger partial charge in [-0.1, -0.05) is 168 Å². The lowest BCUT2D eigenvalue weighted by molar-refractivity contribution is 0.492. The minimum Gasteiger partial charge on any atom is -0.458 e. The van der Waals surface area contributed by atoms with Crippen LogP contribution in [0.25, 0.3) is 27.5 Å². The predicted octanol–water partition coefficient (Wildman–Crippen LogP) is 12.1. The van der Waals surface area contributed by atoms with E-state index in [1.54, 1.807) is 0 Å². The topological polar surface area (TPSA) is 20.6 Å². The van der Waals surface area contributed by atoms with Crippen molar-refractivity contribution in [3.8, 4) is 17.2 Å². The number of hydrogen-bond donors (Lipinski definition) is 0. The molecule has 0 radical (unpaired) electrons. The Kier molecular flexibility index (Phi) is 8.38. The van der Waals surface area contributed by atoms with Crippen molar-refractivity contribution in [3.63, 3.8) is 0 Å². The van der Waals surface area contributed by atoms with Crippen LogP contribution >= 0.6 is 23.5 Å². The number of anilines is 6. The first-order valence-corrected chi connectivity index (χ1v) is 24.9. The van der Waals surface area contributed by atoms with Gasteiger partial charge in [-0.05, 0) is 107 Å². The highest BCUT2D eigenvalue weighted by Gasteiger charge is 2.46. The number of para-hydroxylation sites is 5. The van der Waals surface area contributed by atoms with Crippen LogP contribution < -0.4 is 47.3 Å². The second-order valence-electron chi connectivity index (χ2n) is 18.0. The van der Waals surface area contributed by atoms with Gasteiger partial charge in [0.25, 0.3) is 6.71 Å². The lowest BCUT2D eigenvalue weighted by atomic mass is 9.32. The van der Waals surface area contributed by atoms with Crippen LogP contribution in [-0.4, -0.2) is 18.0 Å². The standard InChI is InChI=1S/C60H37B2N3OS2/c1-5-19-38(20-6-1)63(39-21-7-2-8-22-39)42-33-50-57-54(35-42)67-52-31-17-14-28-45(52)61(57)47-37-48-60(56-44-27-13-16-30-49(44)65(50)59(47)56)66-51-34-43(36-55-58(51)62(48)46-29-15-18-32-53(46)68-55)64(40-23-9-3-10-24-40)41-25-11-4-12-26-41/h1-37H. The molecule has 0 amide bonds. The summed E-state index contributed by atoms with van der Waals surface area (Å²) in [4.78, 5) is 9.84. The molecule has 0 spiro atoms. The van der Waals surface area contributed by atoms with Crippen LogP contribution in [0.4, 0.5) is 34.1 Å². The van der Waals surface area contributed by atoms with Crippen LogP contribution in [0.5, 0.6) is 11.5 Å². The van der Waals surface area contributed by atoms with Gasteiger partial charge in [0.1, 0.15) is 11.5 Å². The van der Waals surface area contributed by atoms with Gasteiger partial charge in [0, 0.05) is 70.5 Å². The third kappa shape index (κ3) is 5.56. The Labute approximate surface area is 403 Å². The molecule has 0 bridgehead atoms. The highest BCUT2D eigenvalue weighted by Crippen LogP contribution is 2.48. The number of rotatable bonds is 6. The maximum absolute atomic E-state index is 7.64. The van der Waals surface area contributed by atoms with Gasteiger partial charge in [-0.25, -0.2) is 0 Å². The van der Waals surface area contributed by atoms with E-state index in [9.17, 15) is 0 Å². The molecule has 316 valence electrons. The van der Waals surface area contributed by atoms with E-state index in [1.807, 2.05) is 23.5 Å². The molecule has 11 aromatic rings. The summed E-state index contributed by atoms with van der Waals surface area (Å²) in [6.07, 6.45) is 0. The van der Waals surface area contributed by atoms with Crippen LogP contribution in [0.15, 0.2) is 244 Å². The predicted molar refractivity (Wildman–Crippen MR) is 287 cm³/mol. The van der Waals surface area contributed by atoms with E-state index in [-0.39, 0.29) is 13.4 Å². The normalized spacial score (nSPS) is 13.2. The van der Waals surface area contributed by atoms with E-state index >= 15 is 0 Å². The maximum Gasteiger partial charge on any atom is 0.253 e. The van der Waals surface area contributed by atoms with Crippen molar-refractivity contribution < 1.29 is 4.74 Å². The lowest BCUT2D eigenvalue weighted by Gasteiger charge is -2.38. The molecule has 0 saturated carbocycles. The molecule has 1 aromatic heterocycles. The summed E-state index contributed by atoms with van der Waals surface area (Å²) in [5, 5.41) is 2.36. The first-order valence-electron chi connectivity index (χ1n) is 23.2. The van der Waals surface area contributed by atoms with Crippen LogP contribution in [0.2, 0.25) is 0 Å². The fourth-order valence-electron chi connectivity index (χ4n) is 11.6. The Morgan fingerprint density at radius 3 is 1.43 bits per heavy atom. The van der Waals surface area contributed by atoms with E-state index in [0.717, 1.165) is 45.6 Å². The van der Waals surface area contributed by atoms with Gasteiger partial charge in [0.05, 0.1) is 16.7 Å². The average Bonchev–Trinajstić information content (AvgIpc) is 3.75. The molecule has 5 heterocycles. The van der Waals surface area contributed by atoms with Crippen molar-refractivity contribution in [3.05, 3.63) is 224 Å². The van der Waals surface area contributed by atoms with E-state index in [1.165, 1.54) is 79.9 Å². The highest BCUT2D eigenvalue weighted by atomic mass is 32.2. The van der Waals surface area contributed by atoms with Crippen molar-refractivity contribution in [2.75, 3.05) is 9.80 Å². The van der Waals surface area contributed by atoms with Crippen molar-refractivity contribution >= 4 is 126 Å². The zero-order valence-corrected chi connectivity index (χ0v) is 38.2. The average molecular weight is 902 g/mol. The third-order valence-electron chi connectivity index (χ3n) is 14.3. The maximum atomic E-state index is 7.64. The zero-order chi connectivity index (χ0) is 44.5. The van der Waals surface area contributed by atoms with Gasteiger partial charge < -0.3 is 19.1 Å². The minimum absolute atomic E-state index is 0.0137. The molecule has 4 aliphatic heterocycles. The minimum atomic E-state index is -0.0262. The van der Waals surface area contributed by atoms with Crippen molar-refractivity contribution in [1.82, 2.24) is 4.57 Å². The van der Waals surface area contributed by atoms with Gasteiger partial charge >= 0.3 is 0 Å². The van der Waals surface area contributed by atoms with E-state index in [4.69, 9.17) is 4.74 Å². The number of hydrogen-bond acceptors (Lipinski definition) is 5. The number of ether oxygens (including phenoxy) is 1.